The Morgan fingerprint density at radius 2 is 2.22 bits per heavy atom. The van der Waals surface area contributed by atoms with Gasteiger partial charge in [-0.3, -0.25) is 0 Å². The molecule has 0 N–H and O–H groups in total. The van der Waals surface area contributed by atoms with Crippen LogP contribution in [0.15, 0.2) is 24.3 Å². The first-order chi connectivity index (χ1) is 4.33. The molecule has 0 aromatic heterocycles. The Kier molecular flexibility index (Phi) is 2.23. The zero-order valence-electron chi connectivity index (χ0n) is 5.33. The molecule has 1 aromatic rings. The second kappa shape index (κ2) is 2.97. The van der Waals surface area contributed by atoms with E-state index in [1.807, 2.05) is 12.1 Å². The Morgan fingerprint density at radius 3 is 2.67 bits per heavy atom. The van der Waals surface area contributed by atoms with Gasteiger partial charge in [0, 0.05) is 0 Å². The van der Waals surface area contributed by atoms with Gasteiger partial charge < -0.3 is 0 Å². The van der Waals surface area contributed by atoms with Crippen LogP contribution in [0.3, 0.4) is 0 Å². The van der Waals surface area contributed by atoms with Gasteiger partial charge in [-0.15, -0.1) is 0 Å². The molecule has 0 aliphatic rings. The summed E-state index contributed by atoms with van der Waals surface area (Å²) in [6.45, 7) is 3.87. The number of thiol groups is 1. The Hall–Kier alpha value is -0.365. The van der Waals surface area contributed by atoms with Crippen LogP contribution < -0.4 is 5.46 Å². The molecule has 9 heavy (non-hydrogen) atoms. The summed E-state index contributed by atoms with van der Waals surface area (Å²) >= 11 is 4.03. The van der Waals surface area contributed by atoms with E-state index in [4.69, 9.17) is 0 Å². The molecule has 1 radical (unpaired) electrons. The number of aryl methyl sites for hydroxylation is 1. The van der Waals surface area contributed by atoms with Gasteiger partial charge in [-0.25, -0.2) is 12.5 Å². The number of hydrogen-bond acceptors (Lipinski definition) is 1. The molecule has 0 bridgehead atoms. The van der Waals surface area contributed by atoms with Crippen molar-refractivity contribution in [1.29, 1.82) is 0 Å². The number of rotatable bonds is 1. The highest BCUT2D eigenvalue weighted by Gasteiger charge is 1.88. The molecule has 2 heteroatoms. The number of hydrogen-bond donors (Lipinski definition) is 1. The fourth-order valence-corrected chi connectivity index (χ4v) is 0.911. The largest absolute Gasteiger partial charge is 0.228 e. The summed E-state index contributed by atoms with van der Waals surface area (Å²) in [5.41, 5.74) is 2.44. The lowest BCUT2D eigenvalue weighted by Crippen LogP contribution is -2.07. The van der Waals surface area contributed by atoms with Crippen molar-refractivity contribution in [3.8, 4) is 0 Å². The third-order valence-corrected chi connectivity index (χ3v) is 1.49. The quantitative estimate of drug-likeness (QED) is 0.433. The van der Waals surface area contributed by atoms with E-state index in [9.17, 15) is 0 Å². The van der Waals surface area contributed by atoms with Crippen molar-refractivity contribution in [3.05, 3.63) is 29.8 Å². The van der Waals surface area contributed by atoms with Gasteiger partial charge in [0.2, 0.25) is 6.56 Å². The van der Waals surface area contributed by atoms with Gasteiger partial charge in [-0.1, -0.05) is 35.3 Å². The highest BCUT2D eigenvalue weighted by atomic mass is 32.1. The smallest absolute Gasteiger partial charge is 0.225 e. The van der Waals surface area contributed by atoms with Crippen LogP contribution >= 0.6 is 12.5 Å². The highest BCUT2D eigenvalue weighted by molar-refractivity contribution is 8.08. The molecule has 1 aromatic carbocycles. The summed E-state index contributed by atoms with van der Waals surface area (Å²) < 4.78 is 0. The Morgan fingerprint density at radius 1 is 1.44 bits per heavy atom. The minimum absolute atomic E-state index is 1.17. The van der Waals surface area contributed by atoms with E-state index in [0.29, 0.717) is 0 Å². The van der Waals surface area contributed by atoms with E-state index >= 15 is 0 Å². The normalized spacial score (nSPS) is 9.11. The second-order valence-corrected chi connectivity index (χ2v) is 2.30. The topological polar surface area (TPSA) is 0 Å². The first kappa shape index (κ1) is 6.75. The van der Waals surface area contributed by atoms with E-state index in [0.717, 1.165) is 0 Å². The standard InChI is InChI=1S/C7H8BS/c1-6-3-2-4-7(5-6)8-9/h2-5,9H,1H3. The lowest BCUT2D eigenvalue weighted by atomic mass is 9.93. The molecule has 0 aliphatic carbocycles. The molecular formula is C7H8BS. The highest BCUT2D eigenvalue weighted by Crippen LogP contribution is 1.91. The summed E-state index contributed by atoms with van der Waals surface area (Å²) in [6, 6.07) is 8.21. The van der Waals surface area contributed by atoms with Crippen molar-refractivity contribution < 1.29 is 0 Å². The summed E-state index contributed by atoms with van der Waals surface area (Å²) in [6.07, 6.45) is 0. The minimum Gasteiger partial charge on any atom is -0.228 e. The monoisotopic (exact) mass is 135 g/mol. The van der Waals surface area contributed by atoms with Crippen LogP contribution in [-0.2, 0) is 0 Å². The predicted molar refractivity (Wildman–Crippen MR) is 45.6 cm³/mol. The van der Waals surface area contributed by atoms with Gasteiger partial charge >= 0.3 is 0 Å². The third-order valence-electron chi connectivity index (χ3n) is 1.19. The molecule has 0 heterocycles. The lowest BCUT2D eigenvalue weighted by molar-refractivity contribution is 1.50. The van der Waals surface area contributed by atoms with E-state index in [-0.39, 0.29) is 0 Å². The first-order valence-corrected chi connectivity index (χ1v) is 3.38. The van der Waals surface area contributed by atoms with Crippen molar-refractivity contribution in [2.75, 3.05) is 0 Å². The summed E-state index contributed by atoms with van der Waals surface area (Å²) in [5, 5.41) is 0. The molecule has 0 nitrogen and oxygen atoms in total. The molecule has 0 fully saturated rings. The van der Waals surface area contributed by atoms with Gasteiger partial charge in [-0.2, -0.15) is 0 Å². The van der Waals surface area contributed by atoms with Crippen LogP contribution in [0.2, 0.25) is 0 Å². The van der Waals surface area contributed by atoms with Crippen LogP contribution in [-0.4, -0.2) is 6.56 Å². The maximum atomic E-state index is 4.03. The van der Waals surface area contributed by atoms with Crippen molar-refractivity contribution in [2.24, 2.45) is 0 Å². The van der Waals surface area contributed by atoms with Crippen LogP contribution in [0.25, 0.3) is 0 Å². The summed E-state index contributed by atoms with van der Waals surface area (Å²) in [5.74, 6) is 0. The second-order valence-electron chi connectivity index (χ2n) is 2.04. The number of benzene rings is 1. The lowest BCUT2D eigenvalue weighted by Gasteiger charge is -1.93. The fourth-order valence-electron chi connectivity index (χ4n) is 0.750. The fraction of sp³-hybridized carbons (Fsp3) is 0.143. The average Bonchev–Trinajstić information content (AvgIpc) is 1.88. The molecule has 0 amide bonds. The maximum Gasteiger partial charge on any atom is 0.225 e. The van der Waals surface area contributed by atoms with Crippen molar-refractivity contribution in [2.45, 2.75) is 6.92 Å². The van der Waals surface area contributed by atoms with Gasteiger partial charge in [0.05, 0.1) is 0 Å². The Bertz CT molecular complexity index is 198. The van der Waals surface area contributed by atoms with Crippen molar-refractivity contribution >= 4 is 24.5 Å². The Labute approximate surface area is 61.8 Å². The van der Waals surface area contributed by atoms with Crippen LogP contribution in [0.5, 0.6) is 0 Å². The van der Waals surface area contributed by atoms with Crippen LogP contribution in [0.4, 0.5) is 0 Å². The molecule has 45 valence electrons. The van der Waals surface area contributed by atoms with Crippen molar-refractivity contribution in [3.63, 3.8) is 0 Å². The zero-order valence-corrected chi connectivity index (χ0v) is 6.23. The summed E-state index contributed by atoms with van der Waals surface area (Å²) in [7, 11) is 0. The van der Waals surface area contributed by atoms with E-state index < -0.39 is 0 Å². The van der Waals surface area contributed by atoms with Crippen molar-refractivity contribution in [1.82, 2.24) is 0 Å². The van der Waals surface area contributed by atoms with E-state index in [2.05, 4.69) is 31.5 Å². The predicted octanol–water partition coefficient (Wildman–Crippen LogP) is 1.17. The van der Waals surface area contributed by atoms with Gasteiger partial charge in [-0.05, 0) is 6.92 Å². The minimum atomic E-state index is 1.17. The molecule has 0 saturated carbocycles. The molecule has 0 unspecified atom stereocenters. The van der Waals surface area contributed by atoms with Gasteiger partial charge in [0.15, 0.2) is 0 Å². The first-order valence-electron chi connectivity index (χ1n) is 2.87. The molecular weight excluding hydrogens is 127 g/mol. The molecule has 0 saturated heterocycles. The van der Waals surface area contributed by atoms with Crippen LogP contribution in [0.1, 0.15) is 5.56 Å². The molecule has 0 spiro atoms. The van der Waals surface area contributed by atoms with Gasteiger partial charge in [0.1, 0.15) is 0 Å². The Balaban J connectivity index is 2.94. The van der Waals surface area contributed by atoms with E-state index in [1.54, 1.807) is 6.56 Å². The maximum absolute atomic E-state index is 4.03. The SMILES string of the molecule is Cc1cccc([B]S)c1. The molecule has 0 atom stereocenters. The van der Waals surface area contributed by atoms with E-state index in [1.165, 1.54) is 11.0 Å². The molecule has 0 aliphatic heterocycles. The third kappa shape index (κ3) is 1.79. The van der Waals surface area contributed by atoms with Crippen LogP contribution in [0, 0.1) is 6.92 Å². The van der Waals surface area contributed by atoms with Gasteiger partial charge in [0.25, 0.3) is 0 Å². The zero-order chi connectivity index (χ0) is 6.69. The average molecular weight is 135 g/mol. The summed E-state index contributed by atoms with van der Waals surface area (Å²) in [4.78, 5) is 0. The molecule has 1 rings (SSSR count).